The molecule has 0 aliphatic heterocycles. The molecule has 96 valence electrons. The quantitative estimate of drug-likeness (QED) is 0.908. The van der Waals surface area contributed by atoms with Gasteiger partial charge in [0.2, 0.25) is 0 Å². The number of hydrogen-bond donors (Lipinski definition) is 2. The van der Waals surface area contributed by atoms with Gasteiger partial charge in [-0.3, -0.25) is 0 Å². The second-order valence-corrected chi connectivity index (χ2v) is 3.59. The van der Waals surface area contributed by atoms with E-state index in [0.717, 1.165) is 11.4 Å². The maximum Gasteiger partial charge on any atom is 0.123 e. The second kappa shape index (κ2) is 7.72. The van der Waals surface area contributed by atoms with Crippen molar-refractivity contribution in [2.75, 3.05) is 0 Å². The molecule has 0 saturated carbocycles. The minimum absolute atomic E-state index is 0. The van der Waals surface area contributed by atoms with Crippen LogP contribution in [-0.2, 0) is 6.42 Å². The van der Waals surface area contributed by atoms with E-state index >= 15 is 0 Å². The SMILES string of the molecule is Cl.Cl.N#Cc1ccc(C[C@@H](N)c2ncc[nH]2)cc1. The van der Waals surface area contributed by atoms with E-state index in [1.165, 1.54) is 0 Å². The van der Waals surface area contributed by atoms with Crippen LogP contribution in [0.1, 0.15) is 23.0 Å². The van der Waals surface area contributed by atoms with Gasteiger partial charge in [-0.2, -0.15) is 5.26 Å². The van der Waals surface area contributed by atoms with Crippen LogP contribution in [-0.4, -0.2) is 9.97 Å². The maximum atomic E-state index is 8.67. The summed E-state index contributed by atoms with van der Waals surface area (Å²) >= 11 is 0. The highest BCUT2D eigenvalue weighted by Crippen LogP contribution is 2.12. The lowest BCUT2D eigenvalue weighted by Gasteiger charge is -2.08. The summed E-state index contributed by atoms with van der Waals surface area (Å²) in [5, 5.41) is 8.67. The Morgan fingerprint density at radius 3 is 2.44 bits per heavy atom. The monoisotopic (exact) mass is 284 g/mol. The van der Waals surface area contributed by atoms with Crippen LogP contribution in [0.3, 0.4) is 0 Å². The van der Waals surface area contributed by atoms with E-state index in [-0.39, 0.29) is 30.9 Å². The minimum atomic E-state index is -0.136. The minimum Gasteiger partial charge on any atom is -0.347 e. The summed E-state index contributed by atoms with van der Waals surface area (Å²) in [6, 6.07) is 9.38. The Morgan fingerprint density at radius 2 is 1.94 bits per heavy atom. The molecular weight excluding hydrogens is 271 g/mol. The van der Waals surface area contributed by atoms with Gasteiger partial charge in [0, 0.05) is 12.4 Å². The molecule has 3 N–H and O–H groups in total. The number of aromatic amines is 1. The lowest BCUT2D eigenvalue weighted by atomic mass is 10.0. The summed E-state index contributed by atoms with van der Waals surface area (Å²) in [6.07, 6.45) is 4.15. The van der Waals surface area contributed by atoms with Crippen LogP contribution in [0.15, 0.2) is 36.7 Å². The average Bonchev–Trinajstić information content (AvgIpc) is 2.83. The fraction of sp³-hybridized carbons (Fsp3) is 0.167. The van der Waals surface area contributed by atoms with Gasteiger partial charge in [0.15, 0.2) is 0 Å². The number of rotatable bonds is 3. The van der Waals surface area contributed by atoms with Gasteiger partial charge in [-0.15, -0.1) is 24.8 Å². The number of nitriles is 1. The lowest BCUT2D eigenvalue weighted by Crippen LogP contribution is -2.14. The van der Waals surface area contributed by atoms with Crippen LogP contribution in [0.4, 0.5) is 0 Å². The smallest absolute Gasteiger partial charge is 0.123 e. The zero-order valence-electron chi connectivity index (χ0n) is 9.54. The normalized spacial score (nSPS) is 10.7. The number of imidazole rings is 1. The number of aromatic nitrogens is 2. The molecule has 0 aliphatic rings. The highest BCUT2D eigenvalue weighted by molar-refractivity contribution is 5.85. The van der Waals surface area contributed by atoms with Gasteiger partial charge >= 0.3 is 0 Å². The third-order valence-electron chi connectivity index (χ3n) is 2.41. The molecule has 6 heteroatoms. The second-order valence-electron chi connectivity index (χ2n) is 3.59. The number of hydrogen-bond acceptors (Lipinski definition) is 3. The van der Waals surface area contributed by atoms with E-state index in [1.807, 2.05) is 12.1 Å². The molecule has 0 spiro atoms. The van der Waals surface area contributed by atoms with Crippen LogP contribution in [0.2, 0.25) is 0 Å². The Morgan fingerprint density at radius 1 is 1.28 bits per heavy atom. The number of benzene rings is 1. The molecule has 18 heavy (non-hydrogen) atoms. The number of H-pyrrole nitrogens is 1. The van der Waals surface area contributed by atoms with Crippen molar-refractivity contribution in [3.8, 4) is 6.07 Å². The first-order valence-corrected chi connectivity index (χ1v) is 5.03. The number of halogens is 2. The van der Waals surface area contributed by atoms with E-state index in [4.69, 9.17) is 11.0 Å². The van der Waals surface area contributed by atoms with Crippen molar-refractivity contribution < 1.29 is 0 Å². The Bertz CT molecular complexity index is 488. The molecular formula is C12H14Cl2N4. The molecule has 0 radical (unpaired) electrons. The van der Waals surface area contributed by atoms with Gasteiger partial charge in [-0.25, -0.2) is 4.98 Å². The van der Waals surface area contributed by atoms with Gasteiger partial charge in [0.05, 0.1) is 17.7 Å². The molecule has 4 nitrogen and oxygen atoms in total. The molecule has 0 unspecified atom stereocenters. The Balaban J connectivity index is 0.00000144. The Labute approximate surface area is 118 Å². The largest absolute Gasteiger partial charge is 0.347 e. The fourth-order valence-electron chi connectivity index (χ4n) is 1.55. The van der Waals surface area contributed by atoms with E-state index in [9.17, 15) is 0 Å². The fourth-order valence-corrected chi connectivity index (χ4v) is 1.55. The summed E-state index contributed by atoms with van der Waals surface area (Å²) < 4.78 is 0. The molecule has 1 atom stereocenters. The van der Waals surface area contributed by atoms with Crippen LogP contribution < -0.4 is 5.73 Å². The first-order valence-electron chi connectivity index (χ1n) is 5.03. The van der Waals surface area contributed by atoms with Crippen molar-refractivity contribution in [3.63, 3.8) is 0 Å². The van der Waals surface area contributed by atoms with Gasteiger partial charge in [0.25, 0.3) is 0 Å². The van der Waals surface area contributed by atoms with Crippen LogP contribution in [0.25, 0.3) is 0 Å². The predicted octanol–water partition coefficient (Wildman–Crippen LogP) is 2.37. The third kappa shape index (κ3) is 4.04. The van der Waals surface area contributed by atoms with Crippen LogP contribution >= 0.6 is 24.8 Å². The van der Waals surface area contributed by atoms with Crippen molar-refractivity contribution in [2.24, 2.45) is 5.73 Å². The van der Waals surface area contributed by atoms with E-state index < -0.39 is 0 Å². The van der Waals surface area contributed by atoms with Crippen molar-refractivity contribution in [2.45, 2.75) is 12.5 Å². The van der Waals surface area contributed by atoms with Crippen molar-refractivity contribution in [1.82, 2.24) is 9.97 Å². The van der Waals surface area contributed by atoms with E-state index in [2.05, 4.69) is 16.0 Å². The lowest BCUT2D eigenvalue weighted by molar-refractivity contribution is 0.677. The topological polar surface area (TPSA) is 78.5 Å². The summed E-state index contributed by atoms with van der Waals surface area (Å²) in [4.78, 5) is 7.10. The van der Waals surface area contributed by atoms with Gasteiger partial charge < -0.3 is 10.7 Å². The van der Waals surface area contributed by atoms with Crippen molar-refractivity contribution >= 4 is 24.8 Å². The number of nitrogens with two attached hydrogens (primary N) is 1. The van der Waals surface area contributed by atoms with Crippen molar-refractivity contribution in [1.29, 1.82) is 5.26 Å². The molecule has 1 aromatic heterocycles. The van der Waals surface area contributed by atoms with E-state index in [0.29, 0.717) is 12.0 Å². The van der Waals surface area contributed by atoms with Gasteiger partial charge in [-0.1, -0.05) is 12.1 Å². The van der Waals surface area contributed by atoms with E-state index in [1.54, 1.807) is 24.5 Å². The summed E-state index contributed by atoms with van der Waals surface area (Å²) in [5.74, 6) is 0.782. The highest BCUT2D eigenvalue weighted by atomic mass is 35.5. The first kappa shape index (κ1) is 16.5. The van der Waals surface area contributed by atoms with Crippen LogP contribution in [0.5, 0.6) is 0 Å². The molecule has 1 heterocycles. The van der Waals surface area contributed by atoms with Gasteiger partial charge in [-0.05, 0) is 24.1 Å². The van der Waals surface area contributed by atoms with Gasteiger partial charge in [0.1, 0.15) is 5.82 Å². The standard InChI is InChI=1S/C12H12N4.2ClH/c13-8-10-3-1-9(2-4-10)7-11(14)12-15-5-6-16-12;;/h1-6,11H,7,14H2,(H,15,16);2*1H/t11-;;/m1../s1. The highest BCUT2D eigenvalue weighted by Gasteiger charge is 2.08. The predicted molar refractivity (Wildman–Crippen MR) is 74.9 cm³/mol. The van der Waals surface area contributed by atoms with Crippen LogP contribution in [0, 0.1) is 11.3 Å². The number of nitrogens with one attached hydrogen (secondary N) is 1. The molecule has 0 amide bonds. The summed E-state index contributed by atoms with van der Waals surface area (Å²) in [5.41, 5.74) is 7.75. The molecule has 0 saturated heterocycles. The first-order chi connectivity index (χ1) is 7.79. The average molecular weight is 285 g/mol. The molecule has 2 rings (SSSR count). The molecule has 0 aliphatic carbocycles. The molecule has 1 aromatic carbocycles. The summed E-state index contributed by atoms with van der Waals surface area (Å²) in [7, 11) is 0. The third-order valence-corrected chi connectivity index (χ3v) is 2.41. The molecule has 0 fully saturated rings. The maximum absolute atomic E-state index is 8.67. The zero-order valence-corrected chi connectivity index (χ0v) is 11.2. The Hall–Kier alpha value is -1.54. The summed E-state index contributed by atoms with van der Waals surface area (Å²) in [6.45, 7) is 0. The number of nitrogens with zero attached hydrogens (tertiary/aromatic N) is 2. The Kier molecular flexibility index (Phi) is 7.06. The molecule has 0 bridgehead atoms. The zero-order chi connectivity index (χ0) is 11.4. The molecule has 2 aromatic rings. The van der Waals surface area contributed by atoms with Crippen molar-refractivity contribution in [3.05, 3.63) is 53.6 Å².